The number of nitrogens with zero attached hydrogens (tertiary/aromatic N) is 1. The van der Waals surface area contributed by atoms with Crippen molar-refractivity contribution >= 4 is 28.8 Å². The molecule has 1 N–H and O–H groups in total. The lowest BCUT2D eigenvalue weighted by atomic mass is 10.1. The number of esters is 1. The number of hydrogen-bond donors (Lipinski definition) is 1. The van der Waals surface area contributed by atoms with Crippen molar-refractivity contribution in [3.8, 4) is 6.07 Å². The molecule has 2 aromatic rings. The van der Waals surface area contributed by atoms with Crippen LogP contribution in [-0.2, 0) is 11.3 Å². The predicted octanol–water partition coefficient (Wildman–Crippen LogP) is 3.12. The zero-order valence-electron chi connectivity index (χ0n) is 11.3. The van der Waals surface area contributed by atoms with Crippen LogP contribution in [0.4, 0.5) is 5.69 Å². The summed E-state index contributed by atoms with van der Waals surface area (Å²) in [6.07, 6.45) is 1.35. The van der Waals surface area contributed by atoms with Gasteiger partial charge in [0, 0.05) is 17.5 Å². The van der Waals surface area contributed by atoms with Gasteiger partial charge in [0.25, 0.3) is 0 Å². The summed E-state index contributed by atoms with van der Waals surface area (Å²) in [7, 11) is 0. The summed E-state index contributed by atoms with van der Waals surface area (Å²) in [6, 6.07) is 10.5. The Morgan fingerprint density at radius 1 is 1.41 bits per heavy atom. The Labute approximate surface area is 130 Å². The zero-order chi connectivity index (χ0) is 15.5. The van der Waals surface area contributed by atoms with E-state index in [0.717, 1.165) is 5.56 Å². The van der Waals surface area contributed by atoms with Crippen molar-refractivity contribution in [2.45, 2.75) is 6.61 Å². The zero-order valence-corrected chi connectivity index (χ0v) is 12.1. The number of fused-ring (bicyclic) bond motifs is 1. The lowest BCUT2D eigenvalue weighted by molar-refractivity contribution is 0.0535. The van der Waals surface area contributed by atoms with Crippen LogP contribution in [0.2, 0.25) is 0 Å². The summed E-state index contributed by atoms with van der Waals surface area (Å²) in [4.78, 5) is 24.1. The number of cyclic esters (lactones) is 1. The molecule has 0 aliphatic carbocycles. The van der Waals surface area contributed by atoms with Crippen molar-refractivity contribution < 1.29 is 14.3 Å². The number of hydrogen-bond acceptors (Lipinski definition) is 6. The first-order valence-electron chi connectivity index (χ1n) is 6.44. The normalized spacial score (nSPS) is 13.2. The molecule has 0 amide bonds. The SMILES string of the molecule is N#CC(=CNc1ccc2c(c1)C(=O)OC2)C(=O)c1cccs1. The Kier molecular flexibility index (Phi) is 3.73. The Balaban J connectivity index is 1.81. The van der Waals surface area contributed by atoms with Gasteiger partial charge in [0.1, 0.15) is 18.2 Å². The van der Waals surface area contributed by atoms with Crippen molar-refractivity contribution in [2.75, 3.05) is 5.32 Å². The van der Waals surface area contributed by atoms with Crippen molar-refractivity contribution in [1.29, 1.82) is 5.26 Å². The minimum absolute atomic E-state index is 0.00512. The number of carbonyl (C=O) groups is 2. The van der Waals surface area contributed by atoms with Crippen molar-refractivity contribution in [3.05, 3.63) is 63.5 Å². The molecule has 3 rings (SSSR count). The lowest BCUT2D eigenvalue weighted by Gasteiger charge is -2.03. The third kappa shape index (κ3) is 2.62. The number of nitriles is 1. The summed E-state index contributed by atoms with van der Waals surface area (Å²) in [6.45, 7) is 0.282. The Hall–Kier alpha value is -2.91. The van der Waals surface area contributed by atoms with Crippen molar-refractivity contribution in [2.24, 2.45) is 0 Å². The highest BCUT2D eigenvalue weighted by Crippen LogP contribution is 2.23. The Morgan fingerprint density at radius 3 is 3.00 bits per heavy atom. The molecule has 6 heteroatoms. The summed E-state index contributed by atoms with van der Waals surface area (Å²) < 4.78 is 4.93. The number of anilines is 1. The highest BCUT2D eigenvalue weighted by atomic mass is 32.1. The van der Waals surface area contributed by atoms with E-state index in [9.17, 15) is 9.59 Å². The average molecular weight is 310 g/mol. The van der Waals surface area contributed by atoms with E-state index < -0.39 is 0 Å². The third-order valence-corrected chi connectivity index (χ3v) is 4.05. The van der Waals surface area contributed by atoms with Gasteiger partial charge in [-0.2, -0.15) is 5.26 Å². The van der Waals surface area contributed by atoms with Crippen LogP contribution in [0.5, 0.6) is 0 Å². The minimum Gasteiger partial charge on any atom is -0.457 e. The maximum atomic E-state index is 12.1. The van der Waals surface area contributed by atoms with Crippen LogP contribution in [0.25, 0.3) is 0 Å². The summed E-state index contributed by atoms with van der Waals surface area (Å²) in [5.74, 6) is -0.691. The number of ketones is 1. The number of Topliss-reactive ketones (excluding diaryl/α,β-unsaturated/α-hetero) is 1. The second kappa shape index (κ2) is 5.84. The van der Waals surface area contributed by atoms with Gasteiger partial charge in [0.2, 0.25) is 5.78 Å². The van der Waals surface area contributed by atoms with E-state index in [0.29, 0.717) is 16.1 Å². The molecule has 1 aliphatic heterocycles. The van der Waals surface area contributed by atoms with E-state index in [1.165, 1.54) is 17.5 Å². The van der Waals surface area contributed by atoms with E-state index >= 15 is 0 Å². The average Bonchev–Trinajstić information content (AvgIpc) is 3.18. The third-order valence-electron chi connectivity index (χ3n) is 3.18. The van der Waals surface area contributed by atoms with Gasteiger partial charge in [-0.25, -0.2) is 4.79 Å². The molecule has 2 heterocycles. The predicted molar refractivity (Wildman–Crippen MR) is 81.5 cm³/mol. The first kappa shape index (κ1) is 14.0. The van der Waals surface area contributed by atoms with Gasteiger partial charge < -0.3 is 10.1 Å². The maximum Gasteiger partial charge on any atom is 0.338 e. The van der Waals surface area contributed by atoms with Gasteiger partial charge in [0.05, 0.1) is 10.4 Å². The second-order valence-corrected chi connectivity index (χ2v) is 5.52. The van der Waals surface area contributed by atoms with E-state index in [4.69, 9.17) is 10.00 Å². The van der Waals surface area contributed by atoms with E-state index in [1.54, 1.807) is 35.7 Å². The van der Waals surface area contributed by atoms with Crippen molar-refractivity contribution in [3.63, 3.8) is 0 Å². The van der Waals surface area contributed by atoms with E-state index in [-0.39, 0.29) is 23.9 Å². The molecule has 22 heavy (non-hydrogen) atoms. The molecule has 1 aromatic carbocycles. The number of rotatable bonds is 4. The number of nitrogens with one attached hydrogen (secondary N) is 1. The largest absolute Gasteiger partial charge is 0.457 e. The monoisotopic (exact) mass is 310 g/mol. The van der Waals surface area contributed by atoms with Gasteiger partial charge in [-0.1, -0.05) is 12.1 Å². The molecular formula is C16H10N2O3S. The molecule has 0 radical (unpaired) electrons. The van der Waals surface area contributed by atoms with E-state index in [2.05, 4.69) is 5.32 Å². The van der Waals surface area contributed by atoms with Crippen LogP contribution in [0.3, 0.4) is 0 Å². The van der Waals surface area contributed by atoms with Gasteiger partial charge in [-0.3, -0.25) is 4.79 Å². The lowest BCUT2D eigenvalue weighted by Crippen LogP contribution is -2.02. The molecule has 0 bridgehead atoms. The van der Waals surface area contributed by atoms with Crippen LogP contribution in [0, 0.1) is 11.3 Å². The molecule has 0 unspecified atom stereocenters. The standard InChI is InChI=1S/C16H10N2O3S/c17-7-11(15(19)14-2-1-5-22-14)8-18-12-4-3-10-9-21-16(20)13(10)6-12/h1-6,8,18H,9H2. The molecule has 5 nitrogen and oxygen atoms in total. The molecule has 0 atom stereocenters. The molecule has 108 valence electrons. The van der Waals surface area contributed by atoms with Gasteiger partial charge in [0.15, 0.2) is 0 Å². The highest BCUT2D eigenvalue weighted by molar-refractivity contribution is 7.12. The molecule has 1 aromatic heterocycles. The summed E-state index contributed by atoms with van der Waals surface area (Å²) >= 11 is 1.28. The van der Waals surface area contributed by atoms with Crippen molar-refractivity contribution in [1.82, 2.24) is 0 Å². The topological polar surface area (TPSA) is 79.2 Å². The number of thiophene rings is 1. The summed E-state index contributed by atoms with van der Waals surface area (Å²) in [5, 5.41) is 13.8. The number of benzene rings is 1. The van der Waals surface area contributed by atoms with Crippen LogP contribution in [0.1, 0.15) is 25.6 Å². The Morgan fingerprint density at radius 2 is 2.27 bits per heavy atom. The minimum atomic E-state index is -0.363. The molecule has 0 spiro atoms. The highest BCUT2D eigenvalue weighted by Gasteiger charge is 2.21. The summed E-state index contributed by atoms with van der Waals surface area (Å²) in [5.41, 5.74) is 1.95. The fourth-order valence-corrected chi connectivity index (χ4v) is 2.73. The quantitative estimate of drug-likeness (QED) is 0.406. The number of allylic oxidation sites excluding steroid dienone is 1. The second-order valence-electron chi connectivity index (χ2n) is 4.57. The molecular weight excluding hydrogens is 300 g/mol. The maximum absolute atomic E-state index is 12.1. The molecule has 0 saturated carbocycles. The van der Waals surface area contributed by atoms with Gasteiger partial charge in [-0.15, -0.1) is 11.3 Å². The fourth-order valence-electron chi connectivity index (χ4n) is 2.05. The van der Waals surface area contributed by atoms with Crippen LogP contribution >= 0.6 is 11.3 Å². The van der Waals surface area contributed by atoms with Gasteiger partial charge in [-0.05, 0) is 23.6 Å². The van der Waals surface area contributed by atoms with Gasteiger partial charge >= 0.3 is 5.97 Å². The fraction of sp³-hybridized carbons (Fsp3) is 0.0625. The van der Waals surface area contributed by atoms with Crippen LogP contribution in [-0.4, -0.2) is 11.8 Å². The van der Waals surface area contributed by atoms with Crippen LogP contribution < -0.4 is 5.32 Å². The van der Waals surface area contributed by atoms with E-state index in [1.807, 2.05) is 6.07 Å². The Bertz CT molecular complexity index is 816. The first-order valence-corrected chi connectivity index (χ1v) is 7.32. The number of ether oxygens (including phenoxy) is 1. The van der Waals surface area contributed by atoms with Crippen LogP contribution in [0.15, 0.2) is 47.5 Å². The smallest absolute Gasteiger partial charge is 0.338 e. The molecule has 0 fully saturated rings. The molecule has 1 aliphatic rings. The number of carbonyl (C=O) groups excluding carboxylic acids is 2. The first-order chi connectivity index (χ1) is 10.7. The molecule has 0 saturated heterocycles.